The summed E-state index contributed by atoms with van der Waals surface area (Å²) in [6, 6.07) is 3.91. The van der Waals surface area contributed by atoms with Crippen LogP contribution < -0.4 is 10.6 Å². The highest BCUT2D eigenvalue weighted by molar-refractivity contribution is 5.77. The molecule has 5 heterocycles. The average molecular weight is 364 g/mol. The maximum Gasteiger partial charge on any atom is 0.230 e. The molecule has 0 radical (unpaired) electrons. The number of H-pyrrole nitrogens is 1. The smallest absolute Gasteiger partial charge is 0.230 e. The molecule has 27 heavy (non-hydrogen) atoms. The number of rotatable bonds is 4. The van der Waals surface area contributed by atoms with Gasteiger partial charge in [0.05, 0.1) is 23.8 Å². The molecule has 1 unspecified atom stereocenters. The molecule has 9 heteroatoms. The lowest BCUT2D eigenvalue weighted by molar-refractivity contribution is 0.429. The van der Waals surface area contributed by atoms with Gasteiger partial charge in [0.15, 0.2) is 5.65 Å². The van der Waals surface area contributed by atoms with Gasteiger partial charge in [0, 0.05) is 41.9 Å². The lowest BCUT2D eigenvalue weighted by Crippen LogP contribution is -2.29. The van der Waals surface area contributed by atoms with Gasteiger partial charge in [-0.05, 0) is 26.3 Å². The first-order chi connectivity index (χ1) is 13.3. The van der Waals surface area contributed by atoms with Crippen molar-refractivity contribution in [3.63, 3.8) is 0 Å². The van der Waals surface area contributed by atoms with Crippen LogP contribution in [0.5, 0.6) is 0 Å². The van der Waals surface area contributed by atoms with Crippen molar-refractivity contribution in [1.29, 1.82) is 0 Å². The zero-order valence-corrected chi connectivity index (χ0v) is 14.9. The lowest BCUT2D eigenvalue weighted by atomic mass is 9.96. The number of anilines is 2. The van der Waals surface area contributed by atoms with E-state index in [1.165, 1.54) is 0 Å². The van der Waals surface area contributed by atoms with Gasteiger partial charge in [-0.15, -0.1) is 0 Å². The number of aromatic amines is 1. The molecule has 1 atom stereocenters. The minimum atomic E-state index is 0.368. The van der Waals surface area contributed by atoms with E-state index in [-0.39, 0.29) is 0 Å². The monoisotopic (exact) mass is 364 g/mol. The molecule has 0 amide bonds. The predicted octanol–water partition coefficient (Wildman–Crippen LogP) is 2.63. The van der Waals surface area contributed by atoms with E-state index in [1.54, 1.807) is 10.7 Å². The van der Waals surface area contributed by atoms with Gasteiger partial charge in [-0.1, -0.05) is 5.16 Å². The normalized spacial score (nSPS) is 17.4. The summed E-state index contributed by atoms with van der Waals surface area (Å²) in [5.41, 5.74) is 4.54. The lowest BCUT2D eigenvalue weighted by Gasteiger charge is -2.23. The Morgan fingerprint density at radius 1 is 1.30 bits per heavy atom. The molecule has 3 N–H and O–H groups in total. The van der Waals surface area contributed by atoms with Gasteiger partial charge in [-0.25, -0.2) is 4.98 Å². The Bertz CT molecular complexity index is 1060. The highest BCUT2D eigenvalue weighted by atomic mass is 16.5. The Hall–Kier alpha value is -3.20. The minimum Gasteiger partial charge on any atom is -0.338 e. The molecule has 1 aliphatic rings. The van der Waals surface area contributed by atoms with Crippen LogP contribution in [-0.2, 0) is 0 Å². The quantitative estimate of drug-likeness (QED) is 0.511. The van der Waals surface area contributed by atoms with Crippen molar-refractivity contribution in [2.75, 3.05) is 18.4 Å². The fourth-order valence-electron chi connectivity index (χ4n) is 3.53. The Labute approximate surface area is 155 Å². The minimum absolute atomic E-state index is 0.368. The number of fused-ring (bicyclic) bond motifs is 1. The van der Waals surface area contributed by atoms with Gasteiger partial charge in [0.25, 0.3) is 0 Å². The molecule has 0 aliphatic carbocycles. The molecule has 0 spiro atoms. The highest BCUT2D eigenvalue weighted by Gasteiger charge is 2.21. The second-order valence-corrected chi connectivity index (χ2v) is 6.85. The van der Waals surface area contributed by atoms with Crippen LogP contribution in [0, 0.1) is 6.92 Å². The van der Waals surface area contributed by atoms with Gasteiger partial charge in [-0.3, -0.25) is 5.10 Å². The first-order valence-electron chi connectivity index (χ1n) is 9.07. The molecule has 1 saturated heterocycles. The summed E-state index contributed by atoms with van der Waals surface area (Å²) in [5.74, 6) is 1.74. The fourth-order valence-corrected chi connectivity index (χ4v) is 3.53. The Balaban J connectivity index is 1.64. The number of aryl methyl sites for hydroxylation is 1. The fraction of sp³-hybridized carbons (Fsp3) is 0.333. The van der Waals surface area contributed by atoms with Crippen LogP contribution in [0.25, 0.3) is 16.8 Å². The van der Waals surface area contributed by atoms with Crippen molar-refractivity contribution >= 4 is 17.3 Å². The summed E-state index contributed by atoms with van der Waals surface area (Å²) in [5, 5.41) is 22.1. The van der Waals surface area contributed by atoms with Crippen LogP contribution in [0.4, 0.5) is 11.7 Å². The summed E-state index contributed by atoms with van der Waals surface area (Å²) >= 11 is 0. The number of aromatic nitrogens is 6. The van der Waals surface area contributed by atoms with Crippen LogP contribution in [0.1, 0.15) is 30.1 Å². The van der Waals surface area contributed by atoms with E-state index in [0.29, 0.717) is 11.8 Å². The molecule has 1 fully saturated rings. The summed E-state index contributed by atoms with van der Waals surface area (Å²) in [6.07, 6.45) is 7.70. The molecule has 138 valence electrons. The Kier molecular flexibility index (Phi) is 3.86. The van der Waals surface area contributed by atoms with Crippen molar-refractivity contribution in [2.45, 2.75) is 25.7 Å². The third-order valence-corrected chi connectivity index (χ3v) is 4.90. The van der Waals surface area contributed by atoms with E-state index in [4.69, 9.17) is 9.51 Å². The maximum atomic E-state index is 5.33. The van der Waals surface area contributed by atoms with Crippen LogP contribution in [0.3, 0.4) is 0 Å². The third kappa shape index (κ3) is 2.95. The molecule has 0 aromatic carbocycles. The largest absolute Gasteiger partial charge is 0.338 e. The average Bonchev–Trinajstić information content (AvgIpc) is 3.43. The molecular weight excluding hydrogens is 344 g/mol. The van der Waals surface area contributed by atoms with E-state index < -0.39 is 0 Å². The van der Waals surface area contributed by atoms with Crippen LogP contribution in [-0.4, -0.2) is 43.0 Å². The number of hydrogen-bond donors (Lipinski definition) is 3. The maximum absolute atomic E-state index is 5.33. The number of piperidine rings is 1. The van der Waals surface area contributed by atoms with E-state index >= 15 is 0 Å². The molecule has 1 aliphatic heterocycles. The predicted molar refractivity (Wildman–Crippen MR) is 99.9 cm³/mol. The van der Waals surface area contributed by atoms with E-state index in [9.17, 15) is 0 Å². The van der Waals surface area contributed by atoms with Gasteiger partial charge in [0.2, 0.25) is 5.88 Å². The summed E-state index contributed by atoms with van der Waals surface area (Å²) in [4.78, 5) is 4.95. The van der Waals surface area contributed by atoms with Gasteiger partial charge in [0.1, 0.15) is 5.82 Å². The van der Waals surface area contributed by atoms with Crippen molar-refractivity contribution in [2.24, 2.45) is 0 Å². The van der Waals surface area contributed by atoms with Crippen LogP contribution in [0.15, 0.2) is 35.2 Å². The first kappa shape index (κ1) is 16.0. The van der Waals surface area contributed by atoms with E-state index in [2.05, 4.69) is 37.2 Å². The number of hydrogen-bond acceptors (Lipinski definition) is 7. The van der Waals surface area contributed by atoms with Crippen LogP contribution in [0.2, 0.25) is 0 Å². The van der Waals surface area contributed by atoms with Crippen molar-refractivity contribution in [3.8, 4) is 11.1 Å². The molecule has 4 aromatic rings. The van der Waals surface area contributed by atoms with Crippen molar-refractivity contribution < 1.29 is 4.52 Å². The van der Waals surface area contributed by atoms with Gasteiger partial charge in [-0.2, -0.15) is 14.7 Å². The van der Waals surface area contributed by atoms with Crippen molar-refractivity contribution in [3.05, 3.63) is 42.1 Å². The van der Waals surface area contributed by atoms with Crippen LogP contribution >= 0.6 is 0 Å². The Morgan fingerprint density at radius 3 is 3.00 bits per heavy atom. The van der Waals surface area contributed by atoms with E-state index in [1.807, 2.05) is 25.4 Å². The molecule has 9 nitrogen and oxygen atoms in total. The van der Waals surface area contributed by atoms with Gasteiger partial charge >= 0.3 is 0 Å². The third-order valence-electron chi connectivity index (χ3n) is 4.90. The number of nitrogens with one attached hydrogen (secondary N) is 3. The van der Waals surface area contributed by atoms with Gasteiger partial charge < -0.3 is 15.2 Å². The molecular formula is C18H20N8O. The highest BCUT2D eigenvalue weighted by Crippen LogP contribution is 2.30. The summed E-state index contributed by atoms with van der Waals surface area (Å²) in [6.45, 7) is 3.88. The first-order valence-corrected chi connectivity index (χ1v) is 9.07. The molecule has 0 saturated carbocycles. The second-order valence-electron chi connectivity index (χ2n) is 6.85. The zero-order chi connectivity index (χ0) is 18.2. The topological polar surface area (TPSA) is 109 Å². The molecule has 4 aromatic heterocycles. The molecule has 5 rings (SSSR count). The van der Waals surface area contributed by atoms with Crippen molar-refractivity contribution in [1.82, 2.24) is 35.3 Å². The summed E-state index contributed by atoms with van der Waals surface area (Å²) < 4.78 is 7.12. The Morgan fingerprint density at radius 2 is 2.26 bits per heavy atom. The molecule has 0 bridgehead atoms. The SMILES string of the molecule is Cc1cc(Nc2cc(C3CCCNC3)nc3c(-c4cn[nH]c4)cnn23)on1. The van der Waals surface area contributed by atoms with E-state index in [0.717, 1.165) is 59.9 Å². The number of nitrogens with zero attached hydrogens (tertiary/aromatic N) is 5. The standard InChI is InChI=1S/C18H20N8O/c1-11-5-17(27-25-11)24-16-6-15(12-3-2-4-19-7-12)23-18-14(10-22-26(16)18)13-8-20-21-9-13/h5-6,8-10,12,19,24H,2-4,7H2,1H3,(H,20,21). The summed E-state index contributed by atoms with van der Waals surface area (Å²) in [7, 11) is 0. The zero-order valence-electron chi connectivity index (χ0n) is 14.9. The second kappa shape index (κ2) is 6.51.